The molecule has 0 fully saturated rings. The summed E-state index contributed by atoms with van der Waals surface area (Å²) in [5, 5.41) is 9.11. The molecule has 2 aromatic carbocycles. The van der Waals surface area contributed by atoms with Crippen molar-refractivity contribution < 1.29 is 4.79 Å². The van der Waals surface area contributed by atoms with Gasteiger partial charge in [-0.05, 0) is 30.5 Å². The summed E-state index contributed by atoms with van der Waals surface area (Å²) in [7, 11) is 0. The lowest BCUT2D eigenvalue weighted by molar-refractivity contribution is -0.118. The van der Waals surface area contributed by atoms with E-state index in [0.717, 1.165) is 40.2 Å². The molecule has 24 heavy (non-hydrogen) atoms. The van der Waals surface area contributed by atoms with E-state index in [-0.39, 0.29) is 18.3 Å². The quantitative estimate of drug-likeness (QED) is 0.605. The number of rotatable bonds is 5. The second-order valence-corrected chi connectivity index (χ2v) is 6.90. The zero-order valence-electron chi connectivity index (χ0n) is 13.2. The van der Waals surface area contributed by atoms with Gasteiger partial charge in [-0.3, -0.25) is 4.79 Å². The fourth-order valence-corrected chi connectivity index (χ4v) is 3.89. The zero-order chi connectivity index (χ0) is 16.1. The lowest BCUT2D eigenvalue weighted by Gasteiger charge is -2.14. The number of benzene rings is 2. The number of nitrogens with one attached hydrogen (secondary N) is 2. The summed E-state index contributed by atoms with van der Waals surface area (Å²) in [4.78, 5) is 13.1. The number of fused-ring (bicyclic) bond motifs is 1. The third-order valence-electron chi connectivity index (χ3n) is 3.84. The van der Waals surface area contributed by atoms with E-state index in [1.54, 1.807) is 0 Å². The summed E-state index contributed by atoms with van der Waals surface area (Å²) in [5.41, 5.74) is 1.30. The summed E-state index contributed by atoms with van der Waals surface area (Å²) in [6.07, 6.45) is 3.16. The summed E-state index contributed by atoms with van der Waals surface area (Å²) in [6.45, 7) is 2.54. The molecular formula is C18H20Cl2N2OS. The van der Waals surface area contributed by atoms with E-state index in [0.29, 0.717) is 12.3 Å². The molecule has 128 valence electrons. The predicted octanol–water partition coefficient (Wildman–Crippen LogP) is 4.04. The number of amides is 1. The van der Waals surface area contributed by atoms with Gasteiger partial charge in [0.2, 0.25) is 5.91 Å². The summed E-state index contributed by atoms with van der Waals surface area (Å²) in [6, 6.07) is 11.9. The zero-order valence-corrected chi connectivity index (χ0v) is 15.6. The van der Waals surface area contributed by atoms with E-state index in [1.807, 2.05) is 36.4 Å². The second kappa shape index (κ2) is 9.33. The van der Waals surface area contributed by atoms with E-state index < -0.39 is 0 Å². The Hall–Kier alpha value is -1.20. The fourth-order valence-electron chi connectivity index (χ4n) is 2.62. The van der Waals surface area contributed by atoms with Crippen molar-refractivity contribution in [2.75, 3.05) is 25.4 Å². The van der Waals surface area contributed by atoms with Crippen molar-refractivity contribution in [3.05, 3.63) is 53.1 Å². The van der Waals surface area contributed by atoms with Crippen molar-refractivity contribution in [2.45, 2.75) is 11.3 Å². The maximum atomic E-state index is 12.1. The number of hydrogen-bond donors (Lipinski definition) is 2. The molecule has 2 aromatic rings. The molecule has 6 heteroatoms. The first kappa shape index (κ1) is 19.1. The van der Waals surface area contributed by atoms with Gasteiger partial charge in [-0.2, -0.15) is 0 Å². The Labute approximate surface area is 157 Å². The minimum absolute atomic E-state index is 0. The monoisotopic (exact) mass is 382 g/mol. The maximum absolute atomic E-state index is 12.1. The van der Waals surface area contributed by atoms with Crippen LogP contribution in [0.25, 0.3) is 10.8 Å². The molecule has 0 spiro atoms. The molecular weight excluding hydrogens is 363 g/mol. The van der Waals surface area contributed by atoms with Crippen molar-refractivity contribution in [1.82, 2.24) is 10.6 Å². The largest absolute Gasteiger partial charge is 0.352 e. The van der Waals surface area contributed by atoms with Crippen molar-refractivity contribution in [1.29, 1.82) is 0 Å². The van der Waals surface area contributed by atoms with E-state index in [2.05, 4.69) is 16.7 Å². The number of carbonyl (C=O) groups is 1. The van der Waals surface area contributed by atoms with Gasteiger partial charge in [0.15, 0.2) is 0 Å². The van der Waals surface area contributed by atoms with Gasteiger partial charge >= 0.3 is 0 Å². The normalized spacial score (nSPS) is 14.0. The molecule has 1 amide bonds. The van der Waals surface area contributed by atoms with Crippen molar-refractivity contribution in [2.24, 2.45) is 0 Å². The highest BCUT2D eigenvalue weighted by molar-refractivity contribution is 8.00. The Morgan fingerprint density at radius 1 is 1.25 bits per heavy atom. The van der Waals surface area contributed by atoms with E-state index >= 15 is 0 Å². The van der Waals surface area contributed by atoms with Gasteiger partial charge in [0.05, 0.1) is 5.75 Å². The molecule has 3 rings (SSSR count). The second-order valence-electron chi connectivity index (χ2n) is 5.48. The van der Waals surface area contributed by atoms with Gasteiger partial charge in [0.25, 0.3) is 0 Å². The summed E-state index contributed by atoms with van der Waals surface area (Å²) < 4.78 is 0. The van der Waals surface area contributed by atoms with E-state index in [4.69, 9.17) is 11.6 Å². The molecule has 0 saturated heterocycles. The third kappa shape index (κ3) is 4.90. The molecule has 0 unspecified atom stereocenters. The van der Waals surface area contributed by atoms with Crippen molar-refractivity contribution in [3.8, 4) is 0 Å². The maximum Gasteiger partial charge on any atom is 0.230 e. The Bertz CT molecular complexity index is 744. The van der Waals surface area contributed by atoms with Crippen LogP contribution in [0, 0.1) is 0 Å². The molecule has 1 aliphatic heterocycles. The standard InChI is InChI=1S/C18H19ClN2OS.ClH/c19-15-5-1-3-14-4-2-6-16(18(14)15)23-12-17(22)21-11-13-7-9-20-10-8-13;/h1-7,20H,8-12H2,(H,21,22);1H. The number of carbonyl (C=O) groups excluding carboxylic acids is 1. The van der Waals surface area contributed by atoms with Gasteiger partial charge in [-0.1, -0.05) is 47.5 Å². The van der Waals surface area contributed by atoms with Crippen LogP contribution in [0.15, 0.2) is 52.9 Å². The lowest BCUT2D eigenvalue weighted by atomic mass is 10.1. The molecule has 0 bridgehead atoms. The van der Waals surface area contributed by atoms with Crippen molar-refractivity contribution >= 4 is 52.4 Å². The minimum Gasteiger partial charge on any atom is -0.352 e. The average molecular weight is 383 g/mol. The van der Waals surface area contributed by atoms with Gasteiger partial charge in [0, 0.05) is 28.4 Å². The number of halogens is 2. The van der Waals surface area contributed by atoms with Gasteiger partial charge < -0.3 is 10.6 Å². The molecule has 0 saturated carbocycles. The van der Waals surface area contributed by atoms with Gasteiger partial charge in [-0.15, -0.1) is 24.2 Å². The first-order chi connectivity index (χ1) is 11.2. The Morgan fingerprint density at radius 3 is 2.79 bits per heavy atom. The fraction of sp³-hybridized carbons (Fsp3) is 0.278. The molecule has 0 radical (unpaired) electrons. The molecule has 2 N–H and O–H groups in total. The highest BCUT2D eigenvalue weighted by Gasteiger charge is 2.09. The van der Waals surface area contributed by atoms with Crippen LogP contribution in [0.1, 0.15) is 6.42 Å². The number of hydrogen-bond acceptors (Lipinski definition) is 3. The SMILES string of the molecule is Cl.O=C(CSc1cccc2cccc(Cl)c12)NCC1=CCNCC1. The van der Waals surface area contributed by atoms with Crippen LogP contribution >= 0.6 is 35.8 Å². The van der Waals surface area contributed by atoms with Crippen LogP contribution < -0.4 is 10.6 Å². The highest BCUT2D eigenvalue weighted by atomic mass is 35.5. The van der Waals surface area contributed by atoms with Crippen LogP contribution in [-0.2, 0) is 4.79 Å². The molecule has 0 aromatic heterocycles. The van der Waals surface area contributed by atoms with Crippen LogP contribution in [0.4, 0.5) is 0 Å². The highest BCUT2D eigenvalue weighted by Crippen LogP contribution is 2.33. The first-order valence-corrected chi connectivity index (χ1v) is 9.06. The average Bonchev–Trinajstić information content (AvgIpc) is 2.59. The van der Waals surface area contributed by atoms with Crippen molar-refractivity contribution in [3.63, 3.8) is 0 Å². The third-order valence-corrected chi connectivity index (χ3v) is 5.22. The lowest BCUT2D eigenvalue weighted by Crippen LogP contribution is -2.30. The van der Waals surface area contributed by atoms with Crippen LogP contribution in [0.2, 0.25) is 5.02 Å². The van der Waals surface area contributed by atoms with Crippen LogP contribution in [0.3, 0.4) is 0 Å². The predicted molar refractivity (Wildman–Crippen MR) is 106 cm³/mol. The van der Waals surface area contributed by atoms with E-state index in [1.165, 1.54) is 17.3 Å². The van der Waals surface area contributed by atoms with Gasteiger partial charge in [0.1, 0.15) is 0 Å². The molecule has 0 atom stereocenters. The first-order valence-electron chi connectivity index (χ1n) is 7.69. The molecule has 3 nitrogen and oxygen atoms in total. The molecule has 0 aliphatic carbocycles. The Kier molecular flexibility index (Phi) is 7.43. The smallest absolute Gasteiger partial charge is 0.230 e. The van der Waals surface area contributed by atoms with Crippen LogP contribution in [-0.4, -0.2) is 31.3 Å². The van der Waals surface area contributed by atoms with Gasteiger partial charge in [-0.25, -0.2) is 0 Å². The Balaban J connectivity index is 0.00000208. The molecule has 1 heterocycles. The Morgan fingerprint density at radius 2 is 2.04 bits per heavy atom. The van der Waals surface area contributed by atoms with Crippen LogP contribution in [0.5, 0.6) is 0 Å². The number of thioether (sulfide) groups is 1. The minimum atomic E-state index is 0. The molecule has 1 aliphatic rings. The van der Waals surface area contributed by atoms with E-state index in [9.17, 15) is 4.79 Å². The summed E-state index contributed by atoms with van der Waals surface area (Å²) >= 11 is 7.84. The topological polar surface area (TPSA) is 41.1 Å². The summed E-state index contributed by atoms with van der Waals surface area (Å²) in [5.74, 6) is 0.453.